The molecule has 0 radical (unpaired) electrons. The Balaban J connectivity index is 1.46. The van der Waals surface area contributed by atoms with Crippen LogP contribution in [-0.4, -0.2) is 70.8 Å². The van der Waals surface area contributed by atoms with E-state index in [9.17, 15) is 14.4 Å². The van der Waals surface area contributed by atoms with Gasteiger partial charge in [0, 0.05) is 45.7 Å². The zero-order valence-electron chi connectivity index (χ0n) is 16.3. The van der Waals surface area contributed by atoms with Gasteiger partial charge in [0.15, 0.2) is 0 Å². The molecule has 2 fully saturated rings. The minimum absolute atomic E-state index is 0.00384. The van der Waals surface area contributed by atoms with E-state index >= 15 is 0 Å². The average Bonchev–Trinajstić information content (AvgIpc) is 2.83. The summed E-state index contributed by atoms with van der Waals surface area (Å²) in [7, 11) is 0. The van der Waals surface area contributed by atoms with Crippen molar-refractivity contribution in [2.24, 2.45) is 0 Å². The van der Waals surface area contributed by atoms with Crippen LogP contribution in [0.25, 0.3) is 0 Å². The van der Waals surface area contributed by atoms with E-state index in [1.165, 1.54) is 11.1 Å². The predicted octanol–water partition coefficient (Wildman–Crippen LogP) is 1.36. The lowest BCUT2D eigenvalue weighted by Crippen LogP contribution is -2.49. The monoisotopic (exact) mass is 372 g/mol. The number of imide groups is 1. The number of hydrogen-bond donors (Lipinski definition) is 1. The highest BCUT2D eigenvalue weighted by Gasteiger charge is 2.44. The van der Waals surface area contributed by atoms with E-state index in [0.717, 1.165) is 24.5 Å². The number of amides is 4. The summed E-state index contributed by atoms with van der Waals surface area (Å²) in [4.78, 5) is 41.9. The molecule has 7 heteroatoms. The Bertz CT molecular complexity index is 738. The molecular formula is C20H28N4O3. The Morgan fingerprint density at radius 2 is 1.78 bits per heavy atom. The normalized spacial score (nSPS) is 20.1. The van der Waals surface area contributed by atoms with Crippen molar-refractivity contribution in [2.75, 3.05) is 32.7 Å². The zero-order valence-corrected chi connectivity index (χ0v) is 16.3. The van der Waals surface area contributed by atoms with Crippen molar-refractivity contribution in [2.45, 2.75) is 39.3 Å². The van der Waals surface area contributed by atoms with Crippen LogP contribution in [0, 0.1) is 6.92 Å². The number of piperazine rings is 1. The van der Waals surface area contributed by atoms with Crippen LogP contribution in [0.15, 0.2) is 24.3 Å². The number of rotatable bonds is 5. The molecular weight excluding hydrogens is 344 g/mol. The quantitative estimate of drug-likeness (QED) is 0.792. The third kappa shape index (κ3) is 4.30. The van der Waals surface area contributed by atoms with Gasteiger partial charge in [-0.15, -0.1) is 0 Å². The lowest BCUT2D eigenvalue weighted by Gasteiger charge is -2.35. The van der Waals surface area contributed by atoms with Gasteiger partial charge in [-0.25, -0.2) is 4.79 Å². The molecule has 2 heterocycles. The first-order valence-electron chi connectivity index (χ1n) is 9.47. The molecule has 4 amide bonds. The van der Waals surface area contributed by atoms with Crippen LogP contribution < -0.4 is 5.32 Å². The molecule has 0 spiro atoms. The fourth-order valence-corrected chi connectivity index (χ4v) is 3.57. The van der Waals surface area contributed by atoms with Crippen molar-refractivity contribution in [3.8, 4) is 0 Å². The molecule has 0 atom stereocenters. The SMILES string of the molecule is Cc1ccccc1CN1CCN(C(=O)CCN2C(=O)NC(C)(C)C2=O)CC1. The molecule has 1 aromatic rings. The fraction of sp³-hybridized carbons (Fsp3) is 0.550. The van der Waals surface area contributed by atoms with Gasteiger partial charge < -0.3 is 10.2 Å². The highest BCUT2D eigenvalue weighted by Crippen LogP contribution is 2.17. The second kappa shape index (κ2) is 7.68. The van der Waals surface area contributed by atoms with Crippen LogP contribution in [0.2, 0.25) is 0 Å². The maximum absolute atomic E-state index is 12.5. The van der Waals surface area contributed by atoms with E-state index in [4.69, 9.17) is 0 Å². The molecule has 0 unspecified atom stereocenters. The van der Waals surface area contributed by atoms with Crippen LogP contribution in [0.5, 0.6) is 0 Å². The Hall–Kier alpha value is -2.41. The molecule has 0 aliphatic carbocycles. The molecule has 0 saturated carbocycles. The second-order valence-electron chi connectivity index (χ2n) is 7.85. The first-order chi connectivity index (χ1) is 12.8. The second-order valence-corrected chi connectivity index (χ2v) is 7.85. The van der Waals surface area contributed by atoms with Gasteiger partial charge in [-0.1, -0.05) is 24.3 Å². The van der Waals surface area contributed by atoms with Crippen molar-refractivity contribution >= 4 is 17.8 Å². The molecule has 3 rings (SSSR count). The number of aryl methyl sites for hydroxylation is 1. The summed E-state index contributed by atoms with van der Waals surface area (Å²) in [5, 5.41) is 2.64. The standard InChI is InChI=1S/C20H28N4O3/c1-15-6-4-5-7-16(15)14-22-10-12-23(13-11-22)17(25)8-9-24-18(26)20(2,3)21-19(24)27/h4-7H,8-14H2,1-3H3,(H,21,27). The Kier molecular flexibility index (Phi) is 5.51. The third-order valence-electron chi connectivity index (χ3n) is 5.37. The molecule has 27 heavy (non-hydrogen) atoms. The van der Waals surface area contributed by atoms with E-state index in [-0.39, 0.29) is 24.8 Å². The highest BCUT2D eigenvalue weighted by atomic mass is 16.2. The maximum atomic E-state index is 12.5. The van der Waals surface area contributed by atoms with E-state index in [1.807, 2.05) is 11.0 Å². The van der Waals surface area contributed by atoms with E-state index < -0.39 is 11.6 Å². The molecule has 0 bridgehead atoms. The number of benzene rings is 1. The molecule has 1 aromatic carbocycles. The summed E-state index contributed by atoms with van der Waals surface area (Å²) < 4.78 is 0. The largest absolute Gasteiger partial charge is 0.340 e. The van der Waals surface area contributed by atoms with Gasteiger partial charge in [0.25, 0.3) is 5.91 Å². The van der Waals surface area contributed by atoms with Gasteiger partial charge in [-0.05, 0) is 31.9 Å². The van der Waals surface area contributed by atoms with Crippen molar-refractivity contribution < 1.29 is 14.4 Å². The number of nitrogens with zero attached hydrogens (tertiary/aromatic N) is 3. The fourth-order valence-electron chi connectivity index (χ4n) is 3.57. The van der Waals surface area contributed by atoms with Gasteiger partial charge in [0.2, 0.25) is 5.91 Å². The maximum Gasteiger partial charge on any atom is 0.325 e. The summed E-state index contributed by atoms with van der Waals surface area (Å²) in [6.45, 7) is 9.50. The minimum Gasteiger partial charge on any atom is -0.340 e. The Morgan fingerprint density at radius 1 is 1.11 bits per heavy atom. The van der Waals surface area contributed by atoms with Crippen molar-refractivity contribution in [1.29, 1.82) is 0 Å². The average molecular weight is 372 g/mol. The van der Waals surface area contributed by atoms with E-state index in [1.54, 1.807) is 13.8 Å². The van der Waals surface area contributed by atoms with E-state index in [2.05, 4.69) is 35.3 Å². The molecule has 1 N–H and O–H groups in total. The molecule has 2 aliphatic heterocycles. The topological polar surface area (TPSA) is 73.0 Å². The first kappa shape index (κ1) is 19.4. The number of carbonyl (C=O) groups is 3. The summed E-state index contributed by atoms with van der Waals surface area (Å²) in [5.74, 6) is -0.279. The Labute approximate surface area is 160 Å². The molecule has 2 aliphatic rings. The number of nitrogens with one attached hydrogen (secondary N) is 1. The summed E-state index contributed by atoms with van der Waals surface area (Å²) >= 11 is 0. The highest BCUT2D eigenvalue weighted by molar-refractivity contribution is 6.06. The van der Waals surface area contributed by atoms with Crippen LogP contribution >= 0.6 is 0 Å². The number of carbonyl (C=O) groups excluding carboxylic acids is 3. The van der Waals surface area contributed by atoms with Gasteiger partial charge in [-0.2, -0.15) is 0 Å². The van der Waals surface area contributed by atoms with Gasteiger partial charge in [-0.3, -0.25) is 19.4 Å². The number of urea groups is 1. The van der Waals surface area contributed by atoms with Gasteiger partial charge in [0.1, 0.15) is 5.54 Å². The third-order valence-corrected chi connectivity index (χ3v) is 5.37. The van der Waals surface area contributed by atoms with Crippen LogP contribution in [-0.2, 0) is 16.1 Å². The van der Waals surface area contributed by atoms with Crippen molar-refractivity contribution in [3.05, 3.63) is 35.4 Å². The van der Waals surface area contributed by atoms with Crippen molar-refractivity contribution in [1.82, 2.24) is 20.0 Å². The molecule has 2 saturated heterocycles. The zero-order chi connectivity index (χ0) is 19.6. The predicted molar refractivity (Wildman–Crippen MR) is 102 cm³/mol. The minimum atomic E-state index is -0.888. The van der Waals surface area contributed by atoms with Crippen LogP contribution in [0.3, 0.4) is 0 Å². The van der Waals surface area contributed by atoms with E-state index in [0.29, 0.717) is 13.1 Å². The molecule has 146 valence electrons. The van der Waals surface area contributed by atoms with Gasteiger partial charge >= 0.3 is 6.03 Å². The molecule has 7 nitrogen and oxygen atoms in total. The lowest BCUT2D eigenvalue weighted by atomic mass is 10.1. The first-order valence-corrected chi connectivity index (χ1v) is 9.47. The molecule has 0 aromatic heterocycles. The van der Waals surface area contributed by atoms with Crippen LogP contribution in [0.1, 0.15) is 31.4 Å². The van der Waals surface area contributed by atoms with Gasteiger partial charge in [0.05, 0.1) is 0 Å². The smallest absolute Gasteiger partial charge is 0.325 e. The summed E-state index contributed by atoms with van der Waals surface area (Å²) in [6.07, 6.45) is 0.174. The summed E-state index contributed by atoms with van der Waals surface area (Å²) in [6, 6.07) is 7.95. The Morgan fingerprint density at radius 3 is 2.37 bits per heavy atom. The summed E-state index contributed by atoms with van der Waals surface area (Å²) in [5.41, 5.74) is 1.72. The van der Waals surface area contributed by atoms with Crippen LogP contribution in [0.4, 0.5) is 4.79 Å². The lowest BCUT2D eigenvalue weighted by molar-refractivity contribution is -0.134. The van der Waals surface area contributed by atoms with Crippen molar-refractivity contribution in [3.63, 3.8) is 0 Å². The number of hydrogen-bond acceptors (Lipinski definition) is 4.